The second-order valence-corrected chi connectivity index (χ2v) is 6.44. The molecular weight excluding hydrogens is 268 g/mol. The first kappa shape index (κ1) is 15.7. The molecule has 2 nitrogen and oxygen atoms in total. The van der Waals surface area contributed by atoms with Crippen LogP contribution in [0.4, 0.5) is 5.69 Å². The monoisotopic (exact) mass is 294 g/mol. The molecule has 20 heavy (non-hydrogen) atoms. The topological polar surface area (TPSA) is 29.3 Å². The van der Waals surface area contributed by atoms with Gasteiger partial charge in [-0.3, -0.25) is 0 Å². The lowest BCUT2D eigenvalue weighted by atomic mass is 9.84. The average molecular weight is 295 g/mol. The van der Waals surface area contributed by atoms with Crippen LogP contribution in [0.2, 0.25) is 5.02 Å². The van der Waals surface area contributed by atoms with Crippen molar-refractivity contribution in [2.75, 3.05) is 18.5 Å². The van der Waals surface area contributed by atoms with Crippen LogP contribution in [0.15, 0.2) is 18.2 Å². The number of halogens is 1. The van der Waals surface area contributed by atoms with Crippen LogP contribution in [0.3, 0.4) is 0 Å². The fraction of sp³-hybridized carbons (Fsp3) is 0.647. The molecular formula is C17H27ClN2. The van der Waals surface area contributed by atoms with E-state index in [0.29, 0.717) is 12.6 Å². The third kappa shape index (κ3) is 3.67. The zero-order valence-electron chi connectivity index (χ0n) is 12.7. The highest BCUT2D eigenvalue weighted by Gasteiger charge is 2.24. The molecule has 0 spiro atoms. The predicted molar refractivity (Wildman–Crippen MR) is 88.7 cm³/mol. The molecule has 1 aromatic carbocycles. The molecule has 1 aliphatic carbocycles. The van der Waals surface area contributed by atoms with Crippen LogP contribution < -0.4 is 10.6 Å². The van der Waals surface area contributed by atoms with Gasteiger partial charge in [0.2, 0.25) is 0 Å². The van der Waals surface area contributed by atoms with Crippen molar-refractivity contribution in [3.8, 4) is 0 Å². The highest BCUT2D eigenvalue weighted by molar-refractivity contribution is 6.30. The molecule has 0 amide bonds. The molecule has 1 saturated carbocycles. The minimum Gasteiger partial charge on any atom is -0.371 e. The molecule has 1 aromatic rings. The predicted octanol–water partition coefficient (Wildman–Crippen LogP) is 4.25. The Bertz CT molecular complexity index is 425. The second kappa shape index (κ2) is 7.33. The van der Waals surface area contributed by atoms with Gasteiger partial charge in [-0.2, -0.15) is 0 Å². The van der Waals surface area contributed by atoms with Crippen LogP contribution in [-0.4, -0.2) is 19.6 Å². The first-order valence-corrected chi connectivity index (χ1v) is 8.24. The molecule has 0 aromatic heterocycles. The zero-order valence-corrected chi connectivity index (χ0v) is 13.5. The summed E-state index contributed by atoms with van der Waals surface area (Å²) < 4.78 is 0. The summed E-state index contributed by atoms with van der Waals surface area (Å²) >= 11 is 6.19. The Morgan fingerprint density at radius 3 is 2.55 bits per heavy atom. The average Bonchev–Trinajstić information content (AvgIpc) is 2.48. The van der Waals surface area contributed by atoms with Gasteiger partial charge in [0.25, 0.3) is 0 Å². The van der Waals surface area contributed by atoms with E-state index in [0.717, 1.165) is 17.4 Å². The largest absolute Gasteiger partial charge is 0.371 e. The molecule has 0 atom stereocenters. The molecule has 112 valence electrons. The third-order valence-electron chi connectivity index (χ3n) is 4.78. The van der Waals surface area contributed by atoms with Crippen LogP contribution >= 0.6 is 11.6 Å². The fourth-order valence-corrected chi connectivity index (χ4v) is 3.54. The molecule has 3 heteroatoms. The quantitative estimate of drug-likeness (QED) is 0.880. The van der Waals surface area contributed by atoms with Crippen molar-refractivity contribution in [1.29, 1.82) is 0 Å². The number of hydrogen-bond acceptors (Lipinski definition) is 2. The third-order valence-corrected chi connectivity index (χ3v) is 5.02. The molecule has 1 fully saturated rings. The Morgan fingerprint density at radius 1 is 1.25 bits per heavy atom. The summed E-state index contributed by atoms with van der Waals surface area (Å²) in [5.41, 5.74) is 8.31. The molecule has 0 saturated heterocycles. The van der Waals surface area contributed by atoms with E-state index in [4.69, 9.17) is 17.3 Å². The fourth-order valence-electron chi connectivity index (χ4n) is 3.37. The number of hydrogen-bond donors (Lipinski definition) is 1. The van der Waals surface area contributed by atoms with E-state index in [-0.39, 0.29) is 0 Å². The van der Waals surface area contributed by atoms with Gasteiger partial charge in [0.1, 0.15) is 0 Å². The maximum atomic E-state index is 6.19. The van der Waals surface area contributed by atoms with Crippen LogP contribution in [0.25, 0.3) is 0 Å². The molecule has 2 rings (SSSR count). The van der Waals surface area contributed by atoms with Crippen molar-refractivity contribution in [1.82, 2.24) is 0 Å². The van der Waals surface area contributed by atoms with Crippen molar-refractivity contribution in [3.05, 3.63) is 28.8 Å². The Balaban J connectivity index is 2.12. The van der Waals surface area contributed by atoms with Gasteiger partial charge in [-0.05, 0) is 62.3 Å². The van der Waals surface area contributed by atoms with E-state index < -0.39 is 0 Å². The molecule has 0 heterocycles. The van der Waals surface area contributed by atoms with E-state index in [9.17, 15) is 0 Å². The van der Waals surface area contributed by atoms with Crippen molar-refractivity contribution < 1.29 is 0 Å². The minimum absolute atomic E-state index is 0.646. The number of rotatable bonds is 5. The van der Waals surface area contributed by atoms with Crippen LogP contribution in [0.5, 0.6) is 0 Å². The lowest BCUT2D eigenvalue weighted by Crippen LogP contribution is -2.35. The molecule has 0 aliphatic heterocycles. The van der Waals surface area contributed by atoms with Gasteiger partial charge in [-0.25, -0.2) is 0 Å². The van der Waals surface area contributed by atoms with Gasteiger partial charge in [-0.15, -0.1) is 0 Å². The van der Waals surface area contributed by atoms with Crippen LogP contribution in [-0.2, 0) is 6.42 Å². The normalized spacial score (nSPS) is 22.8. The van der Waals surface area contributed by atoms with Gasteiger partial charge in [0.05, 0.1) is 0 Å². The summed E-state index contributed by atoms with van der Waals surface area (Å²) in [6.45, 7) is 3.00. The molecule has 0 unspecified atom stereocenters. The number of benzene rings is 1. The van der Waals surface area contributed by atoms with E-state index in [1.165, 1.54) is 43.4 Å². The Hall–Kier alpha value is -0.730. The summed E-state index contributed by atoms with van der Waals surface area (Å²) in [6, 6.07) is 6.84. The van der Waals surface area contributed by atoms with E-state index in [2.05, 4.69) is 31.0 Å². The smallest absolute Gasteiger partial charge is 0.0426 e. The summed E-state index contributed by atoms with van der Waals surface area (Å²) in [5, 5.41) is 0.815. The lowest BCUT2D eigenvalue weighted by Gasteiger charge is -2.37. The molecule has 0 bridgehead atoms. The maximum Gasteiger partial charge on any atom is 0.0426 e. The maximum absolute atomic E-state index is 6.19. The van der Waals surface area contributed by atoms with Crippen molar-refractivity contribution >= 4 is 17.3 Å². The lowest BCUT2D eigenvalue weighted by molar-refractivity contribution is 0.313. The zero-order chi connectivity index (χ0) is 14.5. The second-order valence-electron chi connectivity index (χ2n) is 6.01. The van der Waals surface area contributed by atoms with Gasteiger partial charge in [0, 0.05) is 23.8 Å². The van der Waals surface area contributed by atoms with Gasteiger partial charge >= 0.3 is 0 Å². The van der Waals surface area contributed by atoms with Crippen LogP contribution in [0.1, 0.15) is 44.6 Å². The summed E-state index contributed by atoms with van der Waals surface area (Å²) in [6.07, 6.45) is 7.55. The first-order chi connectivity index (χ1) is 9.65. The molecule has 1 aliphatic rings. The van der Waals surface area contributed by atoms with E-state index >= 15 is 0 Å². The number of nitrogens with zero attached hydrogens (tertiary/aromatic N) is 1. The van der Waals surface area contributed by atoms with Gasteiger partial charge in [0.15, 0.2) is 0 Å². The van der Waals surface area contributed by atoms with E-state index in [1.54, 1.807) is 0 Å². The molecule has 2 N–H and O–H groups in total. The highest BCUT2D eigenvalue weighted by Crippen LogP contribution is 2.33. The Labute approximate surface area is 128 Å². The Kier molecular flexibility index (Phi) is 5.74. The van der Waals surface area contributed by atoms with Crippen LogP contribution in [0, 0.1) is 5.92 Å². The van der Waals surface area contributed by atoms with Crippen molar-refractivity contribution in [2.45, 2.75) is 51.5 Å². The van der Waals surface area contributed by atoms with Gasteiger partial charge < -0.3 is 10.6 Å². The summed E-state index contributed by atoms with van der Waals surface area (Å²) in [4.78, 5) is 2.43. The SMILES string of the molecule is CCC1CCC(N(C)c2cc(Cl)ccc2CCN)CC1. The van der Waals surface area contributed by atoms with E-state index in [1.807, 2.05) is 6.07 Å². The minimum atomic E-state index is 0.646. The summed E-state index contributed by atoms with van der Waals surface area (Å²) in [5.74, 6) is 0.933. The van der Waals surface area contributed by atoms with Crippen molar-refractivity contribution in [3.63, 3.8) is 0 Å². The summed E-state index contributed by atoms with van der Waals surface area (Å²) in [7, 11) is 2.21. The van der Waals surface area contributed by atoms with Gasteiger partial charge in [-0.1, -0.05) is 31.0 Å². The molecule has 0 radical (unpaired) electrons. The first-order valence-electron chi connectivity index (χ1n) is 7.87. The number of anilines is 1. The standard InChI is InChI=1S/C17H27ClN2/c1-3-13-4-8-16(9-5-13)20(2)17-12-15(18)7-6-14(17)10-11-19/h6-7,12-13,16H,3-5,8-11,19H2,1-2H3. The highest BCUT2D eigenvalue weighted by atomic mass is 35.5. The number of nitrogens with two attached hydrogens (primary N) is 1. The van der Waals surface area contributed by atoms with Crippen molar-refractivity contribution in [2.24, 2.45) is 11.7 Å². The Morgan fingerprint density at radius 2 is 1.95 bits per heavy atom.